The molecule has 5 nitrogen and oxygen atoms in total. The minimum Gasteiger partial charge on any atom is -0.497 e. The van der Waals surface area contributed by atoms with Crippen LogP contribution in [0.15, 0.2) is 24.3 Å². The van der Waals surface area contributed by atoms with E-state index in [9.17, 15) is 4.79 Å². The van der Waals surface area contributed by atoms with Crippen LogP contribution in [0, 0.1) is 0 Å². The zero-order valence-electron chi connectivity index (χ0n) is 15.8. The molecule has 1 fully saturated rings. The van der Waals surface area contributed by atoms with Gasteiger partial charge in [0.15, 0.2) is 0 Å². The first-order chi connectivity index (χ1) is 12.1. The minimum absolute atomic E-state index is 0.000676. The van der Waals surface area contributed by atoms with Crippen LogP contribution in [-0.4, -0.2) is 43.8 Å². The molecular formula is C20H32N2O3. The van der Waals surface area contributed by atoms with Crippen LogP contribution in [0.5, 0.6) is 5.75 Å². The van der Waals surface area contributed by atoms with Crippen molar-refractivity contribution in [3.8, 4) is 5.75 Å². The molecule has 1 atom stereocenters. The first-order valence-corrected chi connectivity index (χ1v) is 9.33. The van der Waals surface area contributed by atoms with Crippen molar-refractivity contribution in [3.05, 3.63) is 29.8 Å². The molecule has 1 aliphatic rings. The van der Waals surface area contributed by atoms with Crippen LogP contribution < -0.4 is 10.1 Å². The molecule has 0 radical (unpaired) electrons. The zero-order chi connectivity index (χ0) is 18.1. The third-order valence-electron chi connectivity index (χ3n) is 4.80. The fraction of sp³-hybridized carbons (Fsp3) is 0.650. The van der Waals surface area contributed by atoms with Gasteiger partial charge in [0.05, 0.1) is 19.8 Å². The molecule has 0 bridgehead atoms. The summed E-state index contributed by atoms with van der Waals surface area (Å²) in [5.74, 6) is 0.825. The highest BCUT2D eigenvalue weighted by Crippen LogP contribution is 2.24. The lowest BCUT2D eigenvalue weighted by atomic mass is 10.1. The second kappa shape index (κ2) is 10.3. The maximum atomic E-state index is 12.9. The van der Waals surface area contributed by atoms with Gasteiger partial charge in [-0.3, -0.25) is 0 Å². The summed E-state index contributed by atoms with van der Waals surface area (Å²) in [4.78, 5) is 14.9. The molecule has 0 unspecified atom stereocenters. The summed E-state index contributed by atoms with van der Waals surface area (Å²) in [6.07, 6.45) is 7.09. The van der Waals surface area contributed by atoms with E-state index in [1.54, 1.807) is 14.2 Å². The van der Waals surface area contributed by atoms with Crippen molar-refractivity contribution < 1.29 is 14.3 Å². The van der Waals surface area contributed by atoms with E-state index in [4.69, 9.17) is 9.47 Å². The molecule has 0 aromatic heterocycles. The topological polar surface area (TPSA) is 50.8 Å². The molecule has 0 heterocycles. The van der Waals surface area contributed by atoms with Crippen LogP contribution in [-0.2, 0) is 11.3 Å². The van der Waals surface area contributed by atoms with Crippen molar-refractivity contribution >= 4 is 6.03 Å². The Morgan fingerprint density at radius 3 is 2.60 bits per heavy atom. The number of ether oxygens (including phenoxy) is 2. The Labute approximate surface area is 151 Å². The number of rotatable bonds is 7. The highest BCUT2D eigenvalue weighted by atomic mass is 16.5. The lowest BCUT2D eigenvalue weighted by molar-refractivity contribution is 0.142. The van der Waals surface area contributed by atoms with Gasteiger partial charge in [-0.2, -0.15) is 0 Å². The number of carbonyl (C=O) groups excluding carboxylic acids is 1. The van der Waals surface area contributed by atoms with Gasteiger partial charge in [0.2, 0.25) is 0 Å². The van der Waals surface area contributed by atoms with Crippen molar-refractivity contribution in [2.75, 3.05) is 20.8 Å². The Morgan fingerprint density at radius 1 is 1.24 bits per heavy atom. The van der Waals surface area contributed by atoms with E-state index in [0.29, 0.717) is 19.2 Å². The van der Waals surface area contributed by atoms with Crippen molar-refractivity contribution in [1.29, 1.82) is 0 Å². The van der Waals surface area contributed by atoms with Crippen LogP contribution in [0.4, 0.5) is 4.79 Å². The van der Waals surface area contributed by atoms with E-state index in [1.807, 2.05) is 30.0 Å². The Kier molecular flexibility index (Phi) is 8.06. The summed E-state index contributed by atoms with van der Waals surface area (Å²) < 4.78 is 10.5. The molecule has 0 spiro atoms. The third-order valence-corrected chi connectivity index (χ3v) is 4.80. The Bertz CT molecular complexity index is 527. The van der Waals surface area contributed by atoms with Gasteiger partial charge in [-0.05, 0) is 37.5 Å². The zero-order valence-corrected chi connectivity index (χ0v) is 15.8. The van der Waals surface area contributed by atoms with Gasteiger partial charge in [0.1, 0.15) is 5.75 Å². The second-order valence-corrected chi connectivity index (χ2v) is 6.93. The third kappa shape index (κ3) is 6.24. The van der Waals surface area contributed by atoms with Gasteiger partial charge < -0.3 is 19.7 Å². The highest BCUT2D eigenvalue weighted by molar-refractivity contribution is 5.75. The molecule has 1 saturated carbocycles. The van der Waals surface area contributed by atoms with Gasteiger partial charge in [-0.25, -0.2) is 4.79 Å². The van der Waals surface area contributed by atoms with E-state index in [2.05, 4.69) is 11.4 Å². The fourth-order valence-electron chi connectivity index (χ4n) is 3.49. The summed E-state index contributed by atoms with van der Waals surface area (Å²) in [6, 6.07) is 8.26. The molecule has 1 aromatic carbocycles. The summed E-state index contributed by atoms with van der Waals surface area (Å²) >= 11 is 0. The number of nitrogens with zero attached hydrogens (tertiary/aromatic N) is 1. The number of carbonyl (C=O) groups is 1. The smallest absolute Gasteiger partial charge is 0.318 e. The van der Waals surface area contributed by atoms with E-state index in [-0.39, 0.29) is 12.1 Å². The Morgan fingerprint density at radius 2 is 1.96 bits per heavy atom. The first kappa shape index (κ1) is 19.6. The van der Waals surface area contributed by atoms with Crippen LogP contribution in [0.2, 0.25) is 0 Å². The van der Waals surface area contributed by atoms with Gasteiger partial charge in [-0.1, -0.05) is 37.8 Å². The van der Waals surface area contributed by atoms with Crippen LogP contribution in [0.1, 0.15) is 51.0 Å². The number of methoxy groups -OCH3 is 2. The van der Waals surface area contributed by atoms with Crippen molar-refractivity contribution in [2.45, 2.75) is 64.1 Å². The number of nitrogens with one attached hydrogen (secondary N) is 1. The van der Waals surface area contributed by atoms with Crippen LogP contribution in [0.3, 0.4) is 0 Å². The van der Waals surface area contributed by atoms with Gasteiger partial charge in [0, 0.05) is 19.7 Å². The van der Waals surface area contributed by atoms with Crippen LogP contribution >= 0.6 is 0 Å². The van der Waals surface area contributed by atoms with Crippen molar-refractivity contribution in [3.63, 3.8) is 0 Å². The summed E-state index contributed by atoms with van der Waals surface area (Å²) in [5.41, 5.74) is 1.10. The largest absolute Gasteiger partial charge is 0.497 e. The molecule has 2 amide bonds. The number of hydrogen-bond acceptors (Lipinski definition) is 3. The lowest BCUT2D eigenvalue weighted by Gasteiger charge is -2.32. The maximum absolute atomic E-state index is 12.9. The molecule has 1 N–H and O–H groups in total. The van der Waals surface area contributed by atoms with E-state index < -0.39 is 0 Å². The molecule has 1 aromatic rings. The van der Waals surface area contributed by atoms with Gasteiger partial charge >= 0.3 is 6.03 Å². The normalized spacial score (nSPS) is 16.8. The van der Waals surface area contributed by atoms with E-state index >= 15 is 0 Å². The molecule has 25 heavy (non-hydrogen) atoms. The Hall–Kier alpha value is -1.75. The predicted octanol–water partition coefficient (Wildman–Crippen LogP) is 3.96. The monoisotopic (exact) mass is 348 g/mol. The Balaban J connectivity index is 2.13. The average molecular weight is 348 g/mol. The summed E-state index contributed by atoms with van der Waals surface area (Å²) in [6.45, 7) is 3.09. The molecule has 1 aliphatic carbocycles. The molecule has 2 rings (SSSR count). The molecule has 0 saturated heterocycles. The number of urea groups is 1. The molecule has 5 heteroatoms. The lowest BCUT2D eigenvalue weighted by Crippen LogP contribution is -2.49. The van der Waals surface area contributed by atoms with Gasteiger partial charge in [-0.15, -0.1) is 0 Å². The molecular weight excluding hydrogens is 316 g/mol. The van der Waals surface area contributed by atoms with Gasteiger partial charge in [0.25, 0.3) is 0 Å². The summed E-state index contributed by atoms with van der Waals surface area (Å²) in [5, 5.41) is 3.08. The van der Waals surface area contributed by atoms with Crippen molar-refractivity contribution in [1.82, 2.24) is 10.2 Å². The molecule has 140 valence electrons. The predicted molar refractivity (Wildman–Crippen MR) is 99.9 cm³/mol. The standard InChI is InChI=1S/C20H32N2O3/c1-16(15-24-2)21-20(23)22(18-10-6-4-5-7-11-18)14-17-9-8-12-19(13-17)25-3/h8-9,12-13,16,18H,4-7,10-11,14-15H2,1-3H3,(H,21,23)/t16-/m0/s1. The second-order valence-electron chi connectivity index (χ2n) is 6.93. The molecule has 0 aliphatic heterocycles. The SMILES string of the molecule is COC[C@H](C)NC(=O)N(Cc1cccc(OC)c1)C1CCCCCC1. The quantitative estimate of drug-likeness (QED) is 0.759. The van der Waals surface area contributed by atoms with E-state index in [0.717, 1.165) is 24.2 Å². The average Bonchev–Trinajstić information content (AvgIpc) is 2.89. The number of amides is 2. The summed E-state index contributed by atoms with van der Waals surface area (Å²) in [7, 11) is 3.32. The first-order valence-electron chi connectivity index (χ1n) is 9.33. The van der Waals surface area contributed by atoms with Crippen molar-refractivity contribution in [2.24, 2.45) is 0 Å². The maximum Gasteiger partial charge on any atom is 0.318 e. The number of hydrogen-bond donors (Lipinski definition) is 1. The van der Waals surface area contributed by atoms with Crippen LogP contribution in [0.25, 0.3) is 0 Å². The number of benzene rings is 1. The minimum atomic E-state index is -0.00362. The van der Waals surface area contributed by atoms with E-state index in [1.165, 1.54) is 25.7 Å². The highest BCUT2D eigenvalue weighted by Gasteiger charge is 2.25. The fourth-order valence-corrected chi connectivity index (χ4v) is 3.49.